The molecule has 0 aromatic carbocycles. The largest absolute Gasteiger partial charge is 0.390 e. The Morgan fingerprint density at radius 3 is 2.55 bits per heavy atom. The zero-order chi connectivity index (χ0) is 22.1. The van der Waals surface area contributed by atoms with E-state index >= 15 is 0 Å². The molecule has 3 saturated carbocycles. The molecule has 0 spiro atoms. The van der Waals surface area contributed by atoms with E-state index in [1.807, 2.05) is 0 Å². The van der Waals surface area contributed by atoms with Crippen LogP contribution >= 0.6 is 0 Å². The second-order valence-corrected chi connectivity index (χ2v) is 12.7. The first-order valence-electron chi connectivity index (χ1n) is 13.5. The predicted molar refractivity (Wildman–Crippen MR) is 128 cm³/mol. The van der Waals surface area contributed by atoms with Crippen molar-refractivity contribution in [2.75, 3.05) is 0 Å². The minimum absolute atomic E-state index is 0.0960. The summed E-state index contributed by atoms with van der Waals surface area (Å²) in [4.78, 5) is 0. The van der Waals surface area contributed by atoms with Gasteiger partial charge in [-0.05, 0) is 79.4 Å². The van der Waals surface area contributed by atoms with Gasteiger partial charge in [0.05, 0.1) is 12.2 Å². The second-order valence-electron chi connectivity index (χ2n) is 12.7. The lowest BCUT2D eigenvalue weighted by Crippen LogP contribution is -2.49. The molecule has 0 bridgehead atoms. The van der Waals surface area contributed by atoms with Crippen LogP contribution in [-0.2, 0) is 4.74 Å². The van der Waals surface area contributed by atoms with Gasteiger partial charge in [-0.15, -0.1) is 0 Å². The summed E-state index contributed by atoms with van der Waals surface area (Å²) in [7, 11) is 0. The molecule has 5 rings (SSSR count). The minimum atomic E-state index is -0.289. The molecule has 0 aromatic rings. The Hall–Kier alpha value is -0.600. The first kappa shape index (κ1) is 22.2. The van der Waals surface area contributed by atoms with Gasteiger partial charge in [0.2, 0.25) is 0 Å². The van der Waals surface area contributed by atoms with Gasteiger partial charge in [-0.2, -0.15) is 0 Å². The third kappa shape index (κ3) is 3.25. The smallest absolute Gasteiger partial charge is 0.111 e. The van der Waals surface area contributed by atoms with Crippen molar-refractivity contribution in [2.45, 2.75) is 111 Å². The fourth-order valence-electron chi connectivity index (χ4n) is 9.05. The molecule has 5 aliphatic rings. The summed E-state index contributed by atoms with van der Waals surface area (Å²) in [6, 6.07) is 0. The molecule has 1 saturated heterocycles. The molecule has 10 atom stereocenters. The van der Waals surface area contributed by atoms with Crippen molar-refractivity contribution < 1.29 is 9.84 Å². The highest BCUT2D eigenvalue weighted by Gasteiger charge is 2.66. The van der Waals surface area contributed by atoms with E-state index in [4.69, 9.17) is 4.74 Å². The molecule has 4 aliphatic carbocycles. The lowest BCUT2D eigenvalue weighted by molar-refractivity contribution is 0.0396. The molecule has 174 valence electrons. The van der Waals surface area contributed by atoms with E-state index in [2.05, 4.69) is 53.7 Å². The van der Waals surface area contributed by atoms with Crippen LogP contribution in [-0.4, -0.2) is 23.4 Å². The summed E-state index contributed by atoms with van der Waals surface area (Å²) in [6.07, 6.45) is 15.4. The van der Waals surface area contributed by atoms with Crippen molar-refractivity contribution in [3.63, 3.8) is 0 Å². The van der Waals surface area contributed by atoms with Gasteiger partial charge in [-0.3, -0.25) is 0 Å². The summed E-state index contributed by atoms with van der Waals surface area (Å²) in [6.45, 7) is 14.9. The Kier molecular flexibility index (Phi) is 5.53. The molecule has 0 amide bonds. The fourth-order valence-corrected chi connectivity index (χ4v) is 9.05. The summed E-state index contributed by atoms with van der Waals surface area (Å²) in [5.74, 6) is 4.81. The van der Waals surface area contributed by atoms with Crippen LogP contribution in [0.5, 0.6) is 0 Å². The van der Waals surface area contributed by atoms with E-state index in [-0.39, 0.29) is 23.7 Å². The number of aliphatic hydroxyl groups excluding tert-OH is 1. The number of hydrogen-bond donors (Lipinski definition) is 1. The van der Waals surface area contributed by atoms with Crippen LogP contribution in [0.25, 0.3) is 0 Å². The Bertz CT molecular complexity index is 765. The highest BCUT2D eigenvalue weighted by atomic mass is 16.6. The van der Waals surface area contributed by atoms with Gasteiger partial charge in [0.1, 0.15) is 6.10 Å². The number of aliphatic hydroxyl groups is 1. The van der Waals surface area contributed by atoms with Crippen LogP contribution in [0.1, 0.15) is 92.9 Å². The summed E-state index contributed by atoms with van der Waals surface area (Å²) >= 11 is 0. The summed E-state index contributed by atoms with van der Waals surface area (Å²) in [5, 5.41) is 10.4. The van der Waals surface area contributed by atoms with Crippen LogP contribution in [0.2, 0.25) is 0 Å². The molecule has 1 heterocycles. The van der Waals surface area contributed by atoms with Gasteiger partial charge in [0.25, 0.3) is 0 Å². The van der Waals surface area contributed by atoms with E-state index < -0.39 is 0 Å². The van der Waals surface area contributed by atoms with Gasteiger partial charge >= 0.3 is 0 Å². The molecule has 0 aromatic heterocycles. The topological polar surface area (TPSA) is 32.8 Å². The van der Waals surface area contributed by atoms with Crippen molar-refractivity contribution in [1.82, 2.24) is 0 Å². The lowest BCUT2D eigenvalue weighted by atomic mass is 9.50. The standard InChI is InChI=1S/C29H46O2/c1-7-19(17(2)3)9-8-18(4)22-12-13-23-21-11-10-20-16-25(30)26-27(31-26)29(20,6)24(21)14-15-28(22,23)5/h10-11,17-19,22-27,30H,7-9,12-16H2,1-6H3/t18-,19-,22-,23+,24+,25-,26+,27+,28-,29+/m1/s1. The van der Waals surface area contributed by atoms with Crippen molar-refractivity contribution in [2.24, 2.45) is 46.3 Å². The van der Waals surface area contributed by atoms with Gasteiger partial charge in [-0.1, -0.05) is 77.7 Å². The van der Waals surface area contributed by atoms with Crippen LogP contribution in [0.15, 0.2) is 23.3 Å². The monoisotopic (exact) mass is 426 g/mol. The van der Waals surface area contributed by atoms with Gasteiger partial charge in [0, 0.05) is 5.41 Å². The van der Waals surface area contributed by atoms with Crippen LogP contribution in [0, 0.1) is 46.3 Å². The number of allylic oxidation sites excluding steroid dienone is 3. The van der Waals surface area contributed by atoms with Gasteiger partial charge < -0.3 is 9.84 Å². The molecule has 0 radical (unpaired) electrons. The zero-order valence-corrected chi connectivity index (χ0v) is 20.9. The highest BCUT2D eigenvalue weighted by molar-refractivity contribution is 5.42. The quantitative estimate of drug-likeness (QED) is 0.467. The fraction of sp³-hybridized carbons (Fsp3) is 0.862. The average Bonchev–Trinajstić information content (AvgIpc) is 3.47. The molecular formula is C29H46O2. The first-order valence-corrected chi connectivity index (χ1v) is 13.5. The molecule has 1 N–H and O–H groups in total. The minimum Gasteiger partial charge on any atom is -0.390 e. The Balaban J connectivity index is 1.35. The third-order valence-corrected chi connectivity index (χ3v) is 11.2. The van der Waals surface area contributed by atoms with Crippen molar-refractivity contribution in [3.05, 3.63) is 23.3 Å². The molecule has 2 heteroatoms. The van der Waals surface area contributed by atoms with Gasteiger partial charge in [0.15, 0.2) is 0 Å². The molecule has 1 aliphatic heterocycles. The van der Waals surface area contributed by atoms with Crippen LogP contribution < -0.4 is 0 Å². The molecular weight excluding hydrogens is 380 g/mol. The Morgan fingerprint density at radius 2 is 1.84 bits per heavy atom. The number of rotatable bonds is 6. The summed E-state index contributed by atoms with van der Waals surface area (Å²) in [5.41, 5.74) is 3.80. The van der Waals surface area contributed by atoms with E-state index in [0.29, 0.717) is 11.3 Å². The SMILES string of the molecule is CC[C@H](CC[C@@H](C)[C@H]1CC[C@H]2C3=CC=C4C[C@@H](O)[C@@H]5O[C@@H]5[C@]4(C)[C@H]3CC[C@]12C)C(C)C. The van der Waals surface area contributed by atoms with E-state index in [1.54, 1.807) is 5.57 Å². The van der Waals surface area contributed by atoms with Crippen LogP contribution in [0.4, 0.5) is 0 Å². The van der Waals surface area contributed by atoms with E-state index in [1.165, 1.54) is 50.5 Å². The maximum atomic E-state index is 10.4. The normalized spacial score (nSPS) is 47.5. The Morgan fingerprint density at radius 1 is 1.06 bits per heavy atom. The molecule has 2 nitrogen and oxygen atoms in total. The van der Waals surface area contributed by atoms with E-state index in [9.17, 15) is 5.11 Å². The maximum absolute atomic E-state index is 10.4. The number of epoxide rings is 1. The zero-order valence-electron chi connectivity index (χ0n) is 20.9. The van der Waals surface area contributed by atoms with Crippen molar-refractivity contribution in [3.8, 4) is 0 Å². The maximum Gasteiger partial charge on any atom is 0.111 e. The highest BCUT2D eigenvalue weighted by Crippen LogP contribution is 2.68. The van der Waals surface area contributed by atoms with Crippen molar-refractivity contribution >= 4 is 0 Å². The van der Waals surface area contributed by atoms with E-state index in [0.717, 1.165) is 36.0 Å². The average molecular weight is 427 g/mol. The predicted octanol–water partition coefficient (Wildman–Crippen LogP) is 6.93. The first-order chi connectivity index (χ1) is 14.7. The molecule has 0 unspecified atom stereocenters. The van der Waals surface area contributed by atoms with Crippen LogP contribution in [0.3, 0.4) is 0 Å². The number of hydrogen-bond acceptors (Lipinski definition) is 2. The number of fused-ring (bicyclic) bond motifs is 7. The van der Waals surface area contributed by atoms with Gasteiger partial charge in [-0.25, -0.2) is 0 Å². The summed E-state index contributed by atoms with van der Waals surface area (Å²) < 4.78 is 6.07. The second kappa shape index (κ2) is 7.73. The third-order valence-electron chi connectivity index (χ3n) is 11.2. The van der Waals surface area contributed by atoms with Crippen molar-refractivity contribution in [1.29, 1.82) is 0 Å². The molecule has 4 fully saturated rings. The lowest BCUT2D eigenvalue weighted by Gasteiger charge is -2.54. The molecule has 31 heavy (non-hydrogen) atoms. The number of ether oxygens (including phenoxy) is 1. The Labute approximate surface area is 190 Å².